The minimum absolute atomic E-state index is 0.0696. The second-order valence-corrected chi connectivity index (χ2v) is 9.37. The van der Waals surface area contributed by atoms with E-state index in [0.29, 0.717) is 31.1 Å². The van der Waals surface area contributed by atoms with E-state index in [1.807, 2.05) is 37.3 Å². The number of furan rings is 1. The Hall–Kier alpha value is -3.43. The van der Waals surface area contributed by atoms with Crippen LogP contribution in [0.4, 0.5) is 0 Å². The van der Waals surface area contributed by atoms with Crippen LogP contribution >= 0.6 is 0 Å². The topological polar surface area (TPSA) is 92.4 Å². The zero-order valence-corrected chi connectivity index (χ0v) is 19.1. The van der Waals surface area contributed by atoms with Crippen LogP contribution in [0.1, 0.15) is 24.7 Å². The molecule has 0 N–H and O–H groups in total. The van der Waals surface area contributed by atoms with E-state index in [0.717, 1.165) is 15.6 Å². The van der Waals surface area contributed by atoms with Crippen molar-refractivity contribution < 1.29 is 22.4 Å². The monoisotopic (exact) mass is 467 g/mol. The van der Waals surface area contributed by atoms with Gasteiger partial charge in [-0.1, -0.05) is 30.3 Å². The van der Waals surface area contributed by atoms with E-state index in [1.54, 1.807) is 24.3 Å². The van der Waals surface area contributed by atoms with E-state index < -0.39 is 15.9 Å². The molecule has 1 aromatic heterocycles. The summed E-state index contributed by atoms with van der Waals surface area (Å²) in [5, 5.41) is 5.77. The van der Waals surface area contributed by atoms with Gasteiger partial charge in [0.2, 0.25) is 10.0 Å². The molecular weight excluding hydrogens is 442 g/mol. The zero-order valence-electron chi connectivity index (χ0n) is 18.3. The first-order valence-electron chi connectivity index (χ1n) is 10.7. The fourth-order valence-corrected chi connectivity index (χ4v) is 4.88. The number of amides is 1. The molecule has 0 atom stereocenters. The molecule has 0 bridgehead atoms. The van der Waals surface area contributed by atoms with Crippen molar-refractivity contribution >= 4 is 21.6 Å². The molecule has 0 aliphatic carbocycles. The van der Waals surface area contributed by atoms with Crippen LogP contribution < -0.4 is 4.74 Å². The molecule has 1 aliphatic heterocycles. The highest BCUT2D eigenvalue weighted by atomic mass is 32.2. The Labute approximate surface area is 193 Å². The normalized spacial score (nSPS) is 13.9. The van der Waals surface area contributed by atoms with Crippen molar-refractivity contribution in [3.63, 3.8) is 0 Å². The first-order valence-corrected chi connectivity index (χ1v) is 12.1. The minimum Gasteiger partial charge on any atom is -0.494 e. The van der Waals surface area contributed by atoms with E-state index in [4.69, 9.17) is 9.15 Å². The maximum atomic E-state index is 13.4. The van der Waals surface area contributed by atoms with Gasteiger partial charge in [-0.25, -0.2) is 13.4 Å². The molecule has 2 aromatic carbocycles. The van der Waals surface area contributed by atoms with Crippen LogP contribution in [-0.4, -0.2) is 49.0 Å². The van der Waals surface area contributed by atoms with Gasteiger partial charge in [-0.3, -0.25) is 4.79 Å². The molecule has 1 aliphatic rings. The summed E-state index contributed by atoms with van der Waals surface area (Å²) >= 11 is 0. The SMILES string of the molecule is CCOc1ccc(S(=O)(=O)N(CC(=O)N2CCC(c3ccccc3)=N2)Cc2ccco2)cc1. The number of nitrogens with zero attached hydrogens (tertiary/aromatic N) is 3. The zero-order chi connectivity index (χ0) is 23.3. The van der Waals surface area contributed by atoms with Crippen molar-refractivity contribution in [1.29, 1.82) is 0 Å². The summed E-state index contributed by atoms with van der Waals surface area (Å²) in [7, 11) is -3.98. The molecule has 33 heavy (non-hydrogen) atoms. The molecule has 0 unspecified atom stereocenters. The Bertz CT molecular complexity index is 1210. The first-order chi connectivity index (χ1) is 16.0. The molecule has 0 radical (unpaired) electrons. The van der Waals surface area contributed by atoms with Gasteiger partial charge in [0.1, 0.15) is 11.5 Å². The van der Waals surface area contributed by atoms with Crippen LogP contribution in [0.2, 0.25) is 0 Å². The molecule has 2 heterocycles. The lowest BCUT2D eigenvalue weighted by molar-refractivity contribution is -0.131. The molecule has 1 amide bonds. The summed E-state index contributed by atoms with van der Waals surface area (Å²) in [5.74, 6) is 0.610. The molecular formula is C24H25N3O5S. The van der Waals surface area contributed by atoms with Crippen LogP contribution in [0.15, 0.2) is 87.4 Å². The Morgan fingerprint density at radius 2 is 1.85 bits per heavy atom. The smallest absolute Gasteiger partial charge is 0.258 e. The summed E-state index contributed by atoms with van der Waals surface area (Å²) in [6, 6.07) is 19.1. The van der Waals surface area contributed by atoms with Gasteiger partial charge in [-0.2, -0.15) is 9.41 Å². The third kappa shape index (κ3) is 5.32. The number of sulfonamides is 1. The highest BCUT2D eigenvalue weighted by Gasteiger charge is 2.31. The number of rotatable bonds is 9. The summed E-state index contributed by atoms with van der Waals surface area (Å²) in [6.45, 7) is 2.30. The third-order valence-electron chi connectivity index (χ3n) is 5.19. The molecule has 8 nitrogen and oxygen atoms in total. The standard InChI is InChI=1S/C24H25N3O5S/c1-2-31-20-10-12-22(13-11-20)33(29,30)26(17-21-9-6-16-32-21)18-24(28)27-15-14-23(25-27)19-7-4-3-5-8-19/h3-13,16H,2,14-15,17-18H2,1H3. The van der Waals surface area contributed by atoms with Crippen molar-refractivity contribution in [2.75, 3.05) is 19.7 Å². The van der Waals surface area contributed by atoms with E-state index >= 15 is 0 Å². The summed E-state index contributed by atoms with van der Waals surface area (Å²) in [6.07, 6.45) is 2.08. The van der Waals surface area contributed by atoms with Crippen molar-refractivity contribution in [1.82, 2.24) is 9.31 Å². The maximum absolute atomic E-state index is 13.4. The van der Waals surface area contributed by atoms with Crippen LogP contribution in [0.25, 0.3) is 0 Å². The Kier molecular flexibility index (Phi) is 6.90. The predicted molar refractivity (Wildman–Crippen MR) is 123 cm³/mol. The molecule has 0 spiro atoms. The molecule has 172 valence electrons. The Morgan fingerprint density at radius 3 is 2.52 bits per heavy atom. The van der Waals surface area contributed by atoms with Gasteiger partial charge in [-0.15, -0.1) is 0 Å². The fraction of sp³-hybridized carbons (Fsp3) is 0.250. The van der Waals surface area contributed by atoms with E-state index in [2.05, 4.69) is 5.10 Å². The van der Waals surface area contributed by atoms with Crippen molar-refractivity contribution in [3.8, 4) is 5.75 Å². The Balaban J connectivity index is 1.55. The maximum Gasteiger partial charge on any atom is 0.258 e. The van der Waals surface area contributed by atoms with E-state index in [-0.39, 0.29) is 18.0 Å². The minimum atomic E-state index is -3.98. The largest absolute Gasteiger partial charge is 0.494 e. The average Bonchev–Trinajstić information content (AvgIpc) is 3.52. The number of ether oxygens (including phenoxy) is 1. The van der Waals surface area contributed by atoms with Crippen LogP contribution in [0, 0.1) is 0 Å². The average molecular weight is 468 g/mol. The molecule has 9 heteroatoms. The Morgan fingerprint density at radius 1 is 1.09 bits per heavy atom. The summed E-state index contributed by atoms with van der Waals surface area (Å²) < 4.78 is 38.7. The number of hydrazone groups is 1. The molecule has 3 aromatic rings. The van der Waals surface area contributed by atoms with Gasteiger partial charge in [0.05, 0.1) is 43.1 Å². The van der Waals surface area contributed by atoms with Crippen LogP contribution in [0.3, 0.4) is 0 Å². The highest BCUT2D eigenvalue weighted by Crippen LogP contribution is 2.23. The summed E-state index contributed by atoms with van der Waals surface area (Å²) in [5.41, 5.74) is 1.75. The lowest BCUT2D eigenvalue weighted by atomic mass is 10.1. The van der Waals surface area contributed by atoms with E-state index in [1.165, 1.54) is 23.4 Å². The first kappa shape index (κ1) is 22.8. The molecule has 4 rings (SSSR count). The molecule has 0 fully saturated rings. The number of carbonyl (C=O) groups excluding carboxylic acids is 1. The lowest BCUT2D eigenvalue weighted by Crippen LogP contribution is -2.40. The van der Waals surface area contributed by atoms with Gasteiger partial charge in [0.15, 0.2) is 0 Å². The van der Waals surface area contributed by atoms with Crippen molar-refractivity contribution in [3.05, 3.63) is 84.3 Å². The number of hydrogen-bond donors (Lipinski definition) is 0. The predicted octanol–water partition coefficient (Wildman–Crippen LogP) is 3.51. The highest BCUT2D eigenvalue weighted by molar-refractivity contribution is 7.89. The molecule has 0 saturated carbocycles. The second kappa shape index (κ2) is 10.0. The van der Waals surface area contributed by atoms with Crippen LogP contribution in [-0.2, 0) is 21.4 Å². The van der Waals surface area contributed by atoms with Gasteiger partial charge < -0.3 is 9.15 Å². The number of hydrogen-bond acceptors (Lipinski definition) is 6. The quantitative estimate of drug-likeness (QED) is 0.480. The van der Waals surface area contributed by atoms with E-state index in [9.17, 15) is 13.2 Å². The van der Waals surface area contributed by atoms with Gasteiger partial charge in [0, 0.05) is 6.42 Å². The summed E-state index contributed by atoms with van der Waals surface area (Å²) in [4.78, 5) is 13.1. The van der Waals surface area contributed by atoms with Gasteiger partial charge in [-0.05, 0) is 48.9 Å². The van der Waals surface area contributed by atoms with Gasteiger partial charge >= 0.3 is 0 Å². The molecule has 0 saturated heterocycles. The van der Waals surface area contributed by atoms with Crippen molar-refractivity contribution in [2.24, 2.45) is 5.10 Å². The fourth-order valence-electron chi connectivity index (χ4n) is 3.53. The van der Waals surface area contributed by atoms with Crippen LogP contribution in [0.5, 0.6) is 5.75 Å². The number of carbonyl (C=O) groups is 1. The third-order valence-corrected chi connectivity index (χ3v) is 7.00. The lowest BCUT2D eigenvalue weighted by Gasteiger charge is -2.22. The second-order valence-electron chi connectivity index (χ2n) is 7.44. The van der Waals surface area contributed by atoms with Crippen molar-refractivity contribution in [2.45, 2.75) is 24.8 Å². The van der Waals surface area contributed by atoms with Gasteiger partial charge in [0.25, 0.3) is 5.91 Å². The number of benzene rings is 2.